The van der Waals surface area contributed by atoms with Gasteiger partial charge in [0, 0.05) is 21.2 Å². The van der Waals surface area contributed by atoms with Crippen LogP contribution in [-0.4, -0.2) is 23.2 Å². The quantitative estimate of drug-likeness (QED) is 0.311. The maximum atomic E-state index is 12.9. The maximum Gasteiger partial charge on any atom is 0.283 e. The number of aromatic hydroxyl groups is 2. The third kappa shape index (κ3) is 3.77. The van der Waals surface area contributed by atoms with Gasteiger partial charge in [-0.3, -0.25) is 4.55 Å². The van der Waals surface area contributed by atoms with Gasteiger partial charge in [-0.15, -0.1) is 0 Å². The Kier molecular flexibility index (Phi) is 5.98. The lowest BCUT2D eigenvalue weighted by molar-refractivity contribution is 0.428. The topological polar surface area (TPSA) is 94.8 Å². The van der Waals surface area contributed by atoms with Crippen molar-refractivity contribution in [3.05, 3.63) is 91.4 Å². The Morgan fingerprint density at radius 1 is 0.690 bits per heavy atom. The number of hydrogen-bond donors (Lipinski definition) is 3. The van der Waals surface area contributed by atoms with Crippen molar-refractivity contribution >= 4 is 56.5 Å². The summed E-state index contributed by atoms with van der Waals surface area (Å²) in [6, 6.07) is 11.2. The van der Waals surface area contributed by atoms with Crippen molar-refractivity contribution in [3.63, 3.8) is 0 Å². The number of hydrogen-bond acceptors (Lipinski definition) is 4. The average molecular weight is 494 g/mol. The smallest absolute Gasteiger partial charge is 0.283 e. The molecule has 3 rings (SSSR count). The molecule has 29 heavy (non-hydrogen) atoms. The molecule has 3 aromatic rings. The second kappa shape index (κ2) is 7.87. The van der Waals surface area contributed by atoms with Crippen molar-refractivity contribution < 1.29 is 23.2 Å². The molecular formula is C19H12Cl4O5S. The molecular weight excluding hydrogens is 482 g/mol. The van der Waals surface area contributed by atoms with Gasteiger partial charge in [-0.25, -0.2) is 0 Å². The van der Waals surface area contributed by atoms with Gasteiger partial charge < -0.3 is 10.2 Å². The van der Waals surface area contributed by atoms with Crippen LogP contribution in [0.3, 0.4) is 0 Å². The minimum atomic E-state index is -5.09. The lowest BCUT2D eigenvalue weighted by atomic mass is 9.83. The highest BCUT2D eigenvalue weighted by Crippen LogP contribution is 2.51. The highest BCUT2D eigenvalue weighted by atomic mass is 35.5. The van der Waals surface area contributed by atoms with Crippen molar-refractivity contribution in [2.75, 3.05) is 0 Å². The number of rotatable bonds is 4. The van der Waals surface area contributed by atoms with Gasteiger partial charge in [0.25, 0.3) is 10.1 Å². The molecule has 0 saturated heterocycles. The van der Waals surface area contributed by atoms with Crippen molar-refractivity contribution in [2.24, 2.45) is 0 Å². The molecule has 0 atom stereocenters. The Balaban J connectivity index is 2.58. The van der Waals surface area contributed by atoms with Gasteiger partial charge >= 0.3 is 0 Å². The summed E-state index contributed by atoms with van der Waals surface area (Å²) >= 11 is 23.9. The minimum Gasteiger partial charge on any atom is -0.508 e. The third-order valence-electron chi connectivity index (χ3n) is 4.39. The van der Waals surface area contributed by atoms with Crippen LogP contribution in [0.1, 0.15) is 16.7 Å². The summed E-state index contributed by atoms with van der Waals surface area (Å²) in [4.78, 5) is 0. The van der Waals surface area contributed by atoms with E-state index in [4.69, 9.17) is 46.4 Å². The van der Waals surface area contributed by atoms with Crippen molar-refractivity contribution in [1.82, 2.24) is 0 Å². The molecule has 10 heteroatoms. The number of benzene rings is 3. The van der Waals surface area contributed by atoms with Gasteiger partial charge in [0.1, 0.15) is 11.5 Å². The summed E-state index contributed by atoms with van der Waals surface area (Å²) in [5.74, 6) is -1.06. The Hall–Kier alpha value is -1.67. The maximum absolute atomic E-state index is 12.9. The Bertz CT molecular complexity index is 1160. The summed E-state index contributed by atoms with van der Waals surface area (Å²) < 4.78 is 33.8. The van der Waals surface area contributed by atoms with Gasteiger partial charge in [0.15, 0.2) is 4.75 Å². The largest absolute Gasteiger partial charge is 0.508 e. The molecule has 0 bridgehead atoms. The molecule has 0 unspecified atom stereocenters. The summed E-state index contributed by atoms with van der Waals surface area (Å²) in [7, 11) is -5.09. The van der Waals surface area contributed by atoms with Crippen molar-refractivity contribution in [2.45, 2.75) is 4.75 Å². The van der Waals surface area contributed by atoms with E-state index in [9.17, 15) is 23.2 Å². The minimum absolute atomic E-state index is 0.000835. The number of phenolic OH excluding ortho intramolecular Hbond substituents is 2. The van der Waals surface area contributed by atoms with E-state index in [2.05, 4.69) is 0 Å². The van der Waals surface area contributed by atoms with Gasteiger partial charge in [0.2, 0.25) is 0 Å². The standard InChI is InChI=1S/C19H12Cl4O5S/c20-11-2-4-13(17(24)8-11)19(29(26,27)28,10-1-6-15(22)16(23)7-10)14-5-3-12(21)9-18(14)25/h1-9,24-25H,(H,26,27,28). The lowest BCUT2D eigenvalue weighted by Gasteiger charge is -2.33. The normalized spacial score (nSPS) is 12.2. The molecule has 0 aromatic heterocycles. The summed E-state index contributed by atoms with van der Waals surface area (Å²) in [5.41, 5.74) is -0.606. The monoisotopic (exact) mass is 492 g/mol. The summed E-state index contributed by atoms with van der Waals surface area (Å²) in [6.45, 7) is 0. The zero-order chi connectivity index (χ0) is 21.6. The molecule has 5 nitrogen and oxygen atoms in total. The first-order valence-electron chi connectivity index (χ1n) is 7.89. The van der Waals surface area contributed by atoms with Crippen LogP contribution < -0.4 is 0 Å². The zero-order valence-electron chi connectivity index (χ0n) is 14.3. The Morgan fingerprint density at radius 2 is 1.17 bits per heavy atom. The Morgan fingerprint density at radius 3 is 1.55 bits per heavy atom. The molecule has 152 valence electrons. The molecule has 0 amide bonds. The van der Waals surface area contributed by atoms with E-state index in [1.54, 1.807) is 0 Å². The third-order valence-corrected chi connectivity index (χ3v) is 7.05. The predicted octanol–water partition coefficient (Wildman–Crippen LogP) is 5.89. The van der Waals surface area contributed by atoms with E-state index < -0.39 is 26.4 Å². The van der Waals surface area contributed by atoms with Crippen LogP contribution in [0.5, 0.6) is 11.5 Å². The van der Waals surface area contributed by atoms with E-state index in [0.717, 1.165) is 12.1 Å². The van der Waals surface area contributed by atoms with Gasteiger partial charge in [-0.1, -0.05) is 64.6 Å². The molecule has 3 aromatic carbocycles. The van der Waals surface area contributed by atoms with Crippen LogP contribution in [-0.2, 0) is 14.9 Å². The first kappa shape index (κ1) is 22.0. The van der Waals surface area contributed by atoms with E-state index in [1.807, 2.05) is 0 Å². The van der Waals surface area contributed by atoms with E-state index in [0.29, 0.717) is 0 Å². The van der Waals surface area contributed by atoms with Crippen molar-refractivity contribution in [3.8, 4) is 11.5 Å². The first-order valence-corrected chi connectivity index (χ1v) is 10.8. The van der Waals surface area contributed by atoms with Crippen LogP contribution in [0.25, 0.3) is 0 Å². The van der Waals surface area contributed by atoms with E-state index in [1.165, 1.54) is 42.5 Å². The highest BCUT2D eigenvalue weighted by Gasteiger charge is 2.51. The van der Waals surface area contributed by atoms with E-state index in [-0.39, 0.29) is 36.8 Å². The number of halogens is 4. The second-order valence-electron chi connectivity index (χ2n) is 6.11. The molecule has 0 heterocycles. The average Bonchev–Trinajstić information content (AvgIpc) is 2.60. The van der Waals surface area contributed by atoms with Crippen molar-refractivity contribution in [1.29, 1.82) is 0 Å². The molecule has 3 N–H and O–H groups in total. The SMILES string of the molecule is O=S(=O)(O)C(c1ccc(Cl)c(Cl)c1)(c1ccc(Cl)cc1O)c1ccc(Cl)cc1O. The first-order chi connectivity index (χ1) is 13.5. The van der Waals surface area contributed by atoms with Crippen LogP contribution in [0.2, 0.25) is 20.1 Å². The van der Waals surface area contributed by atoms with E-state index >= 15 is 0 Å². The molecule has 0 radical (unpaired) electrons. The van der Waals surface area contributed by atoms with Crippen LogP contribution in [0, 0.1) is 0 Å². The van der Waals surface area contributed by atoms with Crippen LogP contribution >= 0.6 is 46.4 Å². The second-order valence-corrected chi connectivity index (χ2v) is 9.36. The molecule has 0 spiro atoms. The Labute approximate surface area is 186 Å². The van der Waals surface area contributed by atoms with Gasteiger partial charge in [-0.05, 0) is 42.0 Å². The molecule has 0 saturated carbocycles. The fourth-order valence-electron chi connectivity index (χ4n) is 3.20. The van der Waals surface area contributed by atoms with Gasteiger partial charge in [-0.2, -0.15) is 8.42 Å². The summed E-state index contributed by atoms with van der Waals surface area (Å²) in [6.07, 6.45) is 0. The molecule has 0 aliphatic heterocycles. The molecule has 0 fully saturated rings. The molecule has 0 aliphatic carbocycles. The predicted molar refractivity (Wildman–Crippen MR) is 114 cm³/mol. The fourth-order valence-corrected chi connectivity index (χ4v) is 5.16. The fraction of sp³-hybridized carbons (Fsp3) is 0.0526. The number of phenols is 2. The zero-order valence-corrected chi connectivity index (χ0v) is 18.1. The van der Waals surface area contributed by atoms with Gasteiger partial charge in [0.05, 0.1) is 10.0 Å². The molecule has 0 aliphatic rings. The van der Waals surface area contributed by atoms with Crippen LogP contribution in [0.15, 0.2) is 54.6 Å². The highest BCUT2D eigenvalue weighted by molar-refractivity contribution is 7.87. The lowest BCUT2D eigenvalue weighted by Crippen LogP contribution is -2.38. The summed E-state index contributed by atoms with van der Waals surface area (Å²) in [5, 5.41) is 21.5. The van der Waals surface area contributed by atoms with Crippen LogP contribution in [0.4, 0.5) is 0 Å².